The second-order valence-corrected chi connectivity index (χ2v) is 4.90. The first kappa shape index (κ1) is 14.7. The maximum absolute atomic E-state index is 9.70. The van der Waals surface area contributed by atoms with Crippen molar-refractivity contribution in [2.45, 2.75) is 66.4 Å². The summed E-state index contributed by atoms with van der Waals surface area (Å²) in [6, 6.07) is 0. The molecule has 2 atom stereocenters. The van der Waals surface area contributed by atoms with Crippen molar-refractivity contribution in [3.63, 3.8) is 0 Å². The van der Waals surface area contributed by atoms with Gasteiger partial charge in [-0.15, -0.1) is 0 Å². The lowest BCUT2D eigenvalue weighted by atomic mass is 9.95. The molecule has 1 heteroatoms. The average molecular weight is 212 g/mol. The second kappa shape index (κ2) is 7.92. The lowest BCUT2D eigenvalue weighted by Crippen LogP contribution is -2.15. The smallest absolute Gasteiger partial charge is 0.0563 e. The minimum absolute atomic E-state index is 0.132. The summed E-state index contributed by atoms with van der Waals surface area (Å²) >= 11 is 0. The van der Waals surface area contributed by atoms with Crippen molar-refractivity contribution in [2.75, 3.05) is 0 Å². The fourth-order valence-corrected chi connectivity index (χ4v) is 1.74. The predicted octanol–water partition coefficient (Wildman–Crippen LogP) is 4.17. The zero-order chi connectivity index (χ0) is 11.8. The van der Waals surface area contributed by atoms with Crippen LogP contribution in [0.3, 0.4) is 0 Å². The van der Waals surface area contributed by atoms with Gasteiger partial charge in [-0.2, -0.15) is 0 Å². The van der Waals surface area contributed by atoms with Crippen molar-refractivity contribution in [3.8, 4) is 0 Å². The summed E-state index contributed by atoms with van der Waals surface area (Å²) in [4.78, 5) is 0. The topological polar surface area (TPSA) is 20.2 Å². The molecular formula is C14H28O. The molecule has 2 unspecified atom stereocenters. The summed E-state index contributed by atoms with van der Waals surface area (Å²) in [7, 11) is 0. The van der Waals surface area contributed by atoms with Gasteiger partial charge in [0.2, 0.25) is 0 Å². The van der Waals surface area contributed by atoms with Gasteiger partial charge in [-0.25, -0.2) is 0 Å². The Kier molecular flexibility index (Phi) is 7.76. The number of allylic oxidation sites excluding steroid dienone is 2. The number of hydrogen-bond donors (Lipinski definition) is 1. The molecule has 15 heavy (non-hydrogen) atoms. The highest BCUT2D eigenvalue weighted by molar-refractivity contribution is 5.02. The zero-order valence-corrected chi connectivity index (χ0v) is 11.1. The molecule has 90 valence electrons. The third-order valence-electron chi connectivity index (χ3n) is 3.12. The lowest BCUT2D eigenvalue weighted by molar-refractivity contribution is 0.111. The van der Waals surface area contributed by atoms with Crippen LogP contribution >= 0.6 is 0 Å². The predicted molar refractivity (Wildman–Crippen MR) is 67.9 cm³/mol. The molecular weight excluding hydrogens is 184 g/mol. The van der Waals surface area contributed by atoms with E-state index in [0.29, 0.717) is 11.8 Å². The molecule has 1 nitrogen and oxygen atoms in total. The Morgan fingerprint density at radius 2 is 1.60 bits per heavy atom. The summed E-state index contributed by atoms with van der Waals surface area (Å²) in [5.41, 5.74) is 1.54. The molecule has 0 radical (unpaired) electrons. The minimum atomic E-state index is -0.132. The molecule has 0 heterocycles. The highest BCUT2D eigenvalue weighted by atomic mass is 16.3. The first-order valence-corrected chi connectivity index (χ1v) is 6.38. The lowest BCUT2D eigenvalue weighted by Gasteiger charge is -2.16. The minimum Gasteiger partial charge on any atom is -0.393 e. The molecule has 0 aliphatic carbocycles. The van der Waals surface area contributed by atoms with Gasteiger partial charge >= 0.3 is 0 Å². The Morgan fingerprint density at radius 3 is 2.00 bits per heavy atom. The van der Waals surface area contributed by atoms with Crippen molar-refractivity contribution >= 4 is 0 Å². The second-order valence-electron chi connectivity index (χ2n) is 4.90. The molecule has 0 spiro atoms. The van der Waals surface area contributed by atoms with E-state index in [9.17, 15) is 5.11 Å². The number of aliphatic hydroxyl groups excluding tert-OH is 1. The van der Waals surface area contributed by atoms with Gasteiger partial charge < -0.3 is 5.11 Å². The summed E-state index contributed by atoms with van der Waals surface area (Å²) < 4.78 is 0. The van der Waals surface area contributed by atoms with Crippen LogP contribution in [-0.2, 0) is 0 Å². The van der Waals surface area contributed by atoms with Crippen molar-refractivity contribution in [2.24, 2.45) is 11.8 Å². The van der Waals surface area contributed by atoms with Crippen molar-refractivity contribution in [1.82, 2.24) is 0 Å². The molecule has 0 aromatic rings. The van der Waals surface area contributed by atoms with E-state index in [1.54, 1.807) is 5.57 Å². The molecule has 0 rings (SSSR count). The van der Waals surface area contributed by atoms with Crippen LogP contribution in [-0.4, -0.2) is 11.2 Å². The average Bonchev–Trinajstić information content (AvgIpc) is 2.22. The largest absolute Gasteiger partial charge is 0.393 e. The summed E-state index contributed by atoms with van der Waals surface area (Å²) in [5.74, 6) is 0.992. The van der Waals surface area contributed by atoms with Gasteiger partial charge in [0.15, 0.2) is 0 Å². The van der Waals surface area contributed by atoms with E-state index in [1.807, 2.05) is 0 Å². The van der Waals surface area contributed by atoms with Crippen LogP contribution < -0.4 is 0 Å². The molecule has 0 aliphatic rings. The van der Waals surface area contributed by atoms with Crippen molar-refractivity contribution in [3.05, 3.63) is 11.6 Å². The van der Waals surface area contributed by atoms with Gasteiger partial charge in [-0.3, -0.25) is 0 Å². The van der Waals surface area contributed by atoms with E-state index in [1.165, 1.54) is 0 Å². The van der Waals surface area contributed by atoms with Crippen molar-refractivity contribution < 1.29 is 5.11 Å². The summed E-state index contributed by atoms with van der Waals surface area (Å²) in [6.45, 7) is 10.8. The molecule has 1 N–H and O–H groups in total. The Bertz CT molecular complexity index is 176. The third kappa shape index (κ3) is 6.72. The standard InChI is InChI=1S/C14H28O/c1-6-13(7-2)10-12(5)8-9-14(15)11(3)4/h10-12,14-15H,6-9H2,1-5H3. The first-order valence-electron chi connectivity index (χ1n) is 6.38. The Hall–Kier alpha value is -0.300. The fourth-order valence-electron chi connectivity index (χ4n) is 1.74. The Labute approximate surface area is 95.6 Å². The first-order chi connectivity index (χ1) is 7.01. The van der Waals surface area contributed by atoms with Crippen LogP contribution in [0.1, 0.15) is 60.3 Å². The summed E-state index contributed by atoms with van der Waals surface area (Å²) in [5, 5.41) is 9.70. The Balaban J connectivity index is 3.93. The van der Waals surface area contributed by atoms with Gasteiger partial charge in [0.1, 0.15) is 0 Å². The normalized spacial score (nSPS) is 15.1. The molecule has 0 saturated carbocycles. The van der Waals surface area contributed by atoms with Crippen LogP contribution in [0.4, 0.5) is 0 Å². The van der Waals surface area contributed by atoms with Crippen LogP contribution in [0, 0.1) is 11.8 Å². The quantitative estimate of drug-likeness (QED) is 0.628. The molecule has 0 saturated heterocycles. The van der Waals surface area contributed by atoms with E-state index in [4.69, 9.17) is 0 Å². The van der Waals surface area contributed by atoms with Gasteiger partial charge in [-0.1, -0.05) is 46.3 Å². The number of hydrogen-bond acceptors (Lipinski definition) is 1. The van der Waals surface area contributed by atoms with Gasteiger partial charge in [0, 0.05) is 0 Å². The van der Waals surface area contributed by atoms with Crippen molar-refractivity contribution in [1.29, 1.82) is 0 Å². The molecule has 0 bridgehead atoms. The van der Waals surface area contributed by atoms with E-state index in [2.05, 4.69) is 40.7 Å². The highest BCUT2D eigenvalue weighted by Gasteiger charge is 2.10. The van der Waals surface area contributed by atoms with Crippen LogP contribution in [0.5, 0.6) is 0 Å². The SMILES string of the molecule is CCC(=CC(C)CCC(O)C(C)C)CC. The van der Waals surface area contributed by atoms with E-state index in [0.717, 1.165) is 25.7 Å². The van der Waals surface area contributed by atoms with Crippen LogP contribution in [0.15, 0.2) is 11.6 Å². The number of rotatable bonds is 7. The fraction of sp³-hybridized carbons (Fsp3) is 0.857. The van der Waals surface area contributed by atoms with Crippen LogP contribution in [0.25, 0.3) is 0 Å². The van der Waals surface area contributed by atoms with Crippen LogP contribution in [0.2, 0.25) is 0 Å². The summed E-state index contributed by atoms with van der Waals surface area (Å²) in [6.07, 6.45) is 6.60. The van der Waals surface area contributed by atoms with Gasteiger partial charge in [0.05, 0.1) is 6.10 Å². The Morgan fingerprint density at radius 1 is 1.07 bits per heavy atom. The van der Waals surface area contributed by atoms with E-state index >= 15 is 0 Å². The third-order valence-corrected chi connectivity index (χ3v) is 3.12. The van der Waals surface area contributed by atoms with Gasteiger partial charge in [-0.05, 0) is 37.5 Å². The van der Waals surface area contributed by atoms with Gasteiger partial charge in [0.25, 0.3) is 0 Å². The maximum Gasteiger partial charge on any atom is 0.0563 e. The maximum atomic E-state index is 9.70. The molecule has 0 aliphatic heterocycles. The van der Waals surface area contributed by atoms with E-state index < -0.39 is 0 Å². The molecule has 0 aromatic carbocycles. The molecule has 0 aromatic heterocycles. The van der Waals surface area contributed by atoms with E-state index in [-0.39, 0.29) is 6.10 Å². The monoisotopic (exact) mass is 212 g/mol. The molecule has 0 fully saturated rings. The zero-order valence-electron chi connectivity index (χ0n) is 11.1. The highest BCUT2D eigenvalue weighted by Crippen LogP contribution is 2.17. The number of aliphatic hydroxyl groups is 1. The molecule has 0 amide bonds.